The van der Waals surface area contributed by atoms with Crippen molar-refractivity contribution in [2.75, 3.05) is 41.4 Å². The normalized spacial score (nSPS) is 18.0. The molecule has 1 N–H and O–H groups in total. The second-order valence-corrected chi connectivity index (χ2v) is 7.85. The zero-order valence-electron chi connectivity index (χ0n) is 17.9. The molecule has 0 bridgehead atoms. The summed E-state index contributed by atoms with van der Waals surface area (Å²) in [5, 5.41) is 11.7. The van der Waals surface area contributed by atoms with E-state index in [1.54, 1.807) is 42.5 Å². The summed E-state index contributed by atoms with van der Waals surface area (Å²) < 4.78 is 10.5. The number of carbonyl (C=O) groups is 2. The van der Waals surface area contributed by atoms with Gasteiger partial charge in [0.1, 0.15) is 5.76 Å². The van der Waals surface area contributed by atoms with Crippen LogP contribution in [0.25, 0.3) is 5.76 Å². The SMILES string of the molecule is COc1ccc(C(O)=C2C(=O)C(=O)N(CCN(C)C)[C@H]2c2ccc(Cl)cc2)cc1OC. The highest BCUT2D eigenvalue weighted by Crippen LogP contribution is 2.40. The van der Waals surface area contributed by atoms with Crippen LogP contribution in [-0.2, 0) is 9.59 Å². The van der Waals surface area contributed by atoms with Crippen molar-refractivity contribution >= 4 is 29.1 Å². The number of nitrogens with zero attached hydrogens (tertiary/aromatic N) is 2. The van der Waals surface area contributed by atoms with Gasteiger partial charge >= 0.3 is 0 Å². The maximum absolute atomic E-state index is 13.0. The van der Waals surface area contributed by atoms with Gasteiger partial charge in [0.05, 0.1) is 25.8 Å². The van der Waals surface area contributed by atoms with Gasteiger partial charge in [-0.2, -0.15) is 0 Å². The van der Waals surface area contributed by atoms with Crippen molar-refractivity contribution in [3.05, 3.63) is 64.2 Å². The van der Waals surface area contributed by atoms with Crippen LogP contribution in [0.3, 0.4) is 0 Å². The zero-order chi connectivity index (χ0) is 22.7. The molecule has 0 saturated carbocycles. The van der Waals surface area contributed by atoms with Gasteiger partial charge in [-0.25, -0.2) is 0 Å². The van der Waals surface area contributed by atoms with E-state index in [4.69, 9.17) is 21.1 Å². The van der Waals surface area contributed by atoms with E-state index in [0.717, 1.165) is 0 Å². The van der Waals surface area contributed by atoms with Crippen molar-refractivity contribution in [2.24, 2.45) is 0 Å². The average molecular weight is 445 g/mol. The van der Waals surface area contributed by atoms with Crippen LogP contribution in [-0.4, -0.2) is 68.0 Å². The van der Waals surface area contributed by atoms with E-state index in [1.807, 2.05) is 19.0 Å². The van der Waals surface area contributed by atoms with Gasteiger partial charge in [-0.15, -0.1) is 0 Å². The van der Waals surface area contributed by atoms with Gasteiger partial charge < -0.3 is 24.4 Å². The predicted octanol–water partition coefficient (Wildman–Crippen LogP) is 3.34. The molecule has 31 heavy (non-hydrogen) atoms. The number of hydrogen-bond acceptors (Lipinski definition) is 6. The third kappa shape index (κ3) is 4.52. The molecule has 164 valence electrons. The number of hydrogen-bond donors (Lipinski definition) is 1. The van der Waals surface area contributed by atoms with Crippen molar-refractivity contribution in [2.45, 2.75) is 6.04 Å². The van der Waals surface area contributed by atoms with Crippen LogP contribution in [0.1, 0.15) is 17.2 Å². The lowest BCUT2D eigenvalue weighted by atomic mass is 9.95. The van der Waals surface area contributed by atoms with Crippen LogP contribution in [0.4, 0.5) is 0 Å². The fraction of sp³-hybridized carbons (Fsp3) is 0.304. The summed E-state index contributed by atoms with van der Waals surface area (Å²) in [5.41, 5.74) is 1.06. The van der Waals surface area contributed by atoms with Gasteiger partial charge in [-0.05, 0) is 50.0 Å². The van der Waals surface area contributed by atoms with E-state index in [0.29, 0.717) is 40.7 Å². The second-order valence-electron chi connectivity index (χ2n) is 7.42. The summed E-state index contributed by atoms with van der Waals surface area (Å²) in [4.78, 5) is 29.3. The Morgan fingerprint density at radius 1 is 1.06 bits per heavy atom. The van der Waals surface area contributed by atoms with E-state index < -0.39 is 17.7 Å². The lowest BCUT2D eigenvalue weighted by molar-refractivity contribution is -0.140. The Bertz CT molecular complexity index is 1020. The minimum Gasteiger partial charge on any atom is -0.507 e. The molecule has 0 radical (unpaired) electrons. The first-order valence-electron chi connectivity index (χ1n) is 9.69. The number of halogens is 1. The van der Waals surface area contributed by atoms with Crippen molar-refractivity contribution in [3.8, 4) is 11.5 Å². The van der Waals surface area contributed by atoms with Crippen molar-refractivity contribution in [1.29, 1.82) is 0 Å². The van der Waals surface area contributed by atoms with Crippen molar-refractivity contribution in [3.63, 3.8) is 0 Å². The highest BCUT2D eigenvalue weighted by atomic mass is 35.5. The second kappa shape index (κ2) is 9.41. The third-order valence-corrected chi connectivity index (χ3v) is 5.42. The molecule has 0 spiro atoms. The molecule has 0 unspecified atom stereocenters. The van der Waals surface area contributed by atoms with Gasteiger partial charge in [0.2, 0.25) is 0 Å². The first kappa shape index (κ1) is 22.7. The summed E-state index contributed by atoms with van der Waals surface area (Å²) in [6.07, 6.45) is 0. The van der Waals surface area contributed by atoms with Crippen LogP contribution in [0.15, 0.2) is 48.0 Å². The van der Waals surface area contributed by atoms with Crippen LogP contribution >= 0.6 is 11.6 Å². The van der Waals surface area contributed by atoms with Gasteiger partial charge in [0.25, 0.3) is 11.7 Å². The molecule has 1 heterocycles. The highest BCUT2D eigenvalue weighted by molar-refractivity contribution is 6.46. The molecule has 1 amide bonds. The molecule has 8 heteroatoms. The van der Waals surface area contributed by atoms with E-state index in [2.05, 4.69) is 0 Å². The predicted molar refractivity (Wildman–Crippen MR) is 119 cm³/mol. The van der Waals surface area contributed by atoms with E-state index >= 15 is 0 Å². The Hall–Kier alpha value is -3.03. The van der Waals surface area contributed by atoms with Gasteiger partial charge in [0.15, 0.2) is 11.5 Å². The Morgan fingerprint density at radius 3 is 2.29 bits per heavy atom. The van der Waals surface area contributed by atoms with E-state index in [9.17, 15) is 14.7 Å². The molecule has 0 aliphatic carbocycles. The summed E-state index contributed by atoms with van der Waals surface area (Å²) in [6.45, 7) is 0.890. The van der Waals surface area contributed by atoms with Gasteiger partial charge in [-0.3, -0.25) is 9.59 Å². The Labute approximate surface area is 186 Å². The molecular weight excluding hydrogens is 420 g/mol. The van der Waals surface area contributed by atoms with Crippen molar-refractivity contribution in [1.82, 2.24) is 9.80 Å². The number of ether oxygens (including phenoxy) is 2. The molecular formula is C23H25ClN2O5. The minimum absolute atomic E-state index is 0.0262. The maximum atomic E-state index is 13.0. The number of likely N-dealkylation sites (tertiary alicyclic amines) is 1. The molecule has 1 saturated heterocycles. The number of amides is 1. The zero-order valence-corrected chi connectivity index (χ0v) is 18.6. The molecule has 0 aromatic heterocycles. The number of rotatable bonds is 7. The van der Waals surface area contributed by atoms with Gasteiger partial charge in [-0.1, -0.05) is 23.7 Å². The lowest BCUT2D eigenvalue weighted by Crippen LogP contribution is -2.35. The summed E-state index contributed by atoms with van der Waals surface area (Å²) in [6, 6.07) is 11.0. The molecule has 1 fully saturated rings. The van der Waals surface area contributed by atoms with Crippen LogP contribution in [0, 0.1) is 0 Å². The Balaban J connectivity index is 2.15. The number of benzene rings is 2. The lowest BCUT2D eigenvalue weighted by Gasteiger charge is -2.26. The number of ketones is 1. The number of Topliss-reactive ketones (excluding diaryl/α,β-unsaturated/α-hetero) is 1. The third-order valence-electron chi connectivity index (χ3n) is 5.17. The number of methoxy groups -OCH3 is 2. The Kier molecular flexibility index (Phi) is 6.87. The molecule has 1 atom stereocenters. The standard InChI is InChI=1S/C23H25ClN2O5/c1-25(2)11-12-26-20(14-5-8-16(24)9-6-14)19(22(28)23(26)29)21(27)15-7-10-17(30-3)18(13-15)31-4/h5-10,13,20,27H,11-12H2,1-4H3/t20-/m0/s1. The monoisotopic (exact) mass is 444 g/mol. The number of carbonyl (C=O) groups excluding carboxylic acids is 2. The molecule has 1 aliphatic heterocycles. The quantitative estimate of drug-likeness (QED) is 0.401. The fourth-order valence-corrected chi connectivity index (χ4v) is 3.68. The largest absolute Gasteiger partial charge is 0.507 e. The highest BCUT2D eigenvalue weighted by Gasteiger charge is 2.45. The molecule has 2 aromatic carbocycles. The summed E-state index contributed by atoms with van der Waals surface area (Å²) in [5.74, 6) is -0.766. The summed E-state index contributed by atoms with van der Waals surface area (Å²) in [7, 11) is 6.76. The number of aliphatic hydroxyl groups is 1. The van der Waals surface area contributed by atoms with Gasteiger partial charge in [0, 0.05) is 23.7 Å². The maximum Gasteiger partial charge on any atom is 0.295 e. The molecule has 3 rings (SSSR count). The van der Waals surface area contributed by atoms with Crippen LogP contribution in [0.2, 0.25) is 5.02 Å². The first-order chi connectivity index (χ1) is 14.8. The minimum atomic E-state index is -0.731. The van der Waals surface area contributed by atoms with Crippen molar-refractivity contribution < 1.29 is 24.2 Å². The Morgan fingerprint density at radius 2 is 1.71 bits per heavy atom. The van der Waals surface area contributed by atoms with Crippen LogP contribution < -0.4 is 9.47 Å². The van der Waals surface area contributed by atoms with Crippen LogP contribution in [0.5, 0.6) is 11.5 Å². The number of aliphatic hydroxyl groups excluding tert-OH is 1. The average Bonchev–Trinajstić information content (AvgIpc) is 3.01. The fourth-order valence-electron chi connectivity index (χ4n) is 3.55. The smallest absolute Gasteiger partial charge is 0.295 e. The number of likely N-dealkylation sites (N-methyl/N-ethyl adjacent to an activating group) is 1. The summed E-state index contributed by atoms with van der Waals surface area (Å²) >= 11 is 6.03. The molecule has 7 nitrogen and oxygen atoms in total. The van der Waals surface area contributed by atoms with E-state index in [1.165, 1.54) is 19.1 Å². The molecule has 1 aliphatic rings. The first-order valence-corrected chi connectivity index (χ1v) is 10.1. The van der Waals surface area contributed by atoms with E-state index in [-0.39, 0.29) is 11.3 Å². The molecule has 2 aromatic rings. The topological polar surface area (TPSA) is 79.3 Å².